The Balaban J connectivity index is 3.08. The molecule has 0 bridgehead atoms. The predicted octanol–water partition coefficient (Wildman–Crippen LogP) is 3.74. The van der Waals surface area contributed by atoms with Crippen LogP contribution in [0.15, 0.2) is 34.3 Å². The molecular formula is C11H10BrFO. The second-order valence-electron chi connectivity index (χ2n) is 3.21. The molecule has 1 rings (SSSR count). The van der Waals surface area contributed by atoms with Crippen molar-refractivity contribution >= 4 is 21.7 Å². The Kier molecular flexibility index (Phi) is 3.58. The largest absolute Gasteiger partial charge is 0.289 e. The lowest BCUT2D eigenvalue weighted by Crippen LogP contribution is -1.99. The van der Waals surface area contributed by atoms with E-state index in [2.05, 4.69) is 15.9 Å². The van der Waals surface area contributed by atoms with Gasteiger partial charge in [0.15, 0.2) is 5.78 Å². The third kappa shape index (κ3) is 2.77. The number of rotatable bonds is 2. The van der Waals surface area contributed by atoms with E-state index in [-0.39, 0.29) is 11.3 Å². The molecule has 0 heterocycles. The first kappa shape index (κ1) is 11.1. The van der Waals surface area contributed by atoms with Gasteiger partial charge in [0.2, 0.25) is 0 Å². The minimum Gasteiger partial charge on any atom is -0.289 e. The molecular weight excluding hydrogens is 247 g/mol. The van der Waals surface area contributed by atoms with Gasteiger partial charge in [0, 0.05) is 4.47 Å². The molecule has 0 saturated carbocycles. The highest BCUT2D eigenvalue weighted by molar-refractivity contribution is 9.10. The summed E-state index contributed by atoms with van der Waals surface area (Å²) in [5.41, 5.74) is 0.965. The zero-order chi connectivity index (χ0) is 10.7. The molecule has 1 aromatic rings. The lowest BCUT2D eigenvalue weighted by atomic mass is 10.1. The number of benzene rings is 1. The quantitative estimate of drug-likeness (QED) is 0.582. The maximum Gasteiger partial charge on any atom is 0.188 e. The van der Waals surface area contributed by atoms with Crippen molar-refractivity contribution in [2.24, 2.45) is 0 Å². The molecule has 0 aromatic heterocycles. The lowest BCUT2D eigenvalue weighted by Gasteiger charge is -1.99. The lowest BCUT2D eigenvalue weighted by molar-refractivity contribution is 0.104. The van der Waals surface area contributed by atoms with Gasteiger partial charge < -0.3 is 0 Å². The summed E-state index contributed by atoms with van der Waals surface area (Å²) in [6.07, 6.45) is 1.42. The molecule has 0 unspecified atom stereocenters. The van der Waals surface area contributed by atoms with Gasteiger partial charge in [0.05, 0.1) is 5.56 Å². The number of halogens is 2. The van der Waals surface area contributed by atoms with Crippen molar-refractivity contribution in [3.8, 4) is 0 Å². The average Bonchev–Trinajstić information content (AvgIpc) is 2.01. The predicted molar refractivity (Wildman–Crippen MR) is 57.9 cm³/mol. The van der Waals surface area contributed by atoms with E-state index < -0.39 is 5.82 Å². The highest BCUT2D eigenvalue weighted by Crippen LogP contribution is 2.16. The number of carbonyl (C=O) groups is 1. The topological polar surface area (TPSA) is 17.1 Å². The van der Waals surface area contributed by atoms with Crippen LogP contribution in [0.2, 0.25) is 0 Å². The van der Waals surface area contributed by atoms with E-state index in [1.807, 2.05) is 0 Å². The molecule has 0 fully saturated rings. The molecule has 0 aliphatic rings. The fourth-order valence-corrected chi connectivity index (χ4v) is 1.36. The van der Waals surface area contributed by atoms with Crippen LogP contribution < -0.4 is 0 Å². The molecule has 0 spiro atoms. The second-order valence-corrected chi connectivity index (χ2v) is 4.13. The summed E-state index contributed by atoms with van der Waals surface area (Å²) >= 11 is 3.13. The van der Waals surface area contributed by atoms with Gasteiger partial charge in [-0.05, 0) is 38.1 Å². The van der Waals surface area contributed by atoms with Gasteiger partial charge in [-0.1, -0.05) is 21.5 Å². The Hall–Kier alpha value is -0.960. The molecule has 3 heteroatoms. The highest BCUT2D eigenvalue weighted by Gasteiger charge is 2.08. The SMILES string of the molecule is CC(C)=CC(=O)c1ccc(Br)cc1F. The van der Waals surface area contributed by atoms with E-state index in [1.54, 1.807) is 19.9 Å². The summed E-state index contributed by atoms with van der Waals surface area (Å²) in [4.78, 5) is 11.5. The van der Waals surface area contributed by atoms with E-state index in [0.29, 0.717) is 4.47 Å². The summed E-state index contributed by atoms with van der Waals surface area (Å²) in [6, 6.07) is 4.41. The van der Waals surface area contributed by atoms with Crippen LogP contribution >= 0.6 is 15.9 Å². The second kappa shape index (κ2) is 4.51. The summed E-state index contributed by atoms with van der Waals surface area (Å²) in [5, 5.41) is 0. The maximum atomic E-state index is 13.3. The number of hydrogen-bond donors (Lipinski definition) is 0. The number of hydrogen-bond acceptors (Lipinski definition) is 1. The van der Waals surface area contributed by atoms with Crippen LogP contribution in [0.4, 0.5) is 4.39 Å². The van der Waals surface area contributed by atoms with Crippen molar-refractivity contribution in [2.75, 3.05) is 0 Å². The van der Waals surface area contributed by atoms with Gasteiger partial charge in [-0.15, -0.1) is 0 Å². The van der Waals surface area contributed by atoms with Crippen molar-refractivity contribution in [1.29, 1.82) is 0 Å². The van der Waals surface area contributed by atoms with Crippen LogP contribution in [0.1, 0.15) is 24.2 Å². The minimum atomic E-state index is -0.498. The molecule has 0 atom stereocenters. The van der Waals surface area contributed by atoms with Gasteiger partial charge in [-0.3, -0.25) is 4.79 Å². The number of carbonyl (C=O) groups excluding carboxylic acids is 1. The van der Waals surface area contributed by atoms with Gasteiger partial charge in [0.25, 0.3) is 0 Å². The average molecular weight is 257 g/mol. The normalized spacial score (nSPS) is 9.71. The zero-order valence-corrected chi connectivity index (χ0v) is 9.56. The standard InChI is InChI=1S/C11H10BrFO/c1-7(2)5-11(14)9-4-3-8(12)6-10(9)13/h3-6H,1-2H3. The molecule has 1 aromatic carbocycles. The summed E-state index contributed by atoms with van der Waals surface area (Å²) in [7, 11) is 0. The van der Waals surface area contributed by atoms with Crippen LogP contribution in [0, 0.1) is 5.82 Å². The van der Waals surface area contributed by atoms with Gasteiger partial charge in [0.1, 0.15) is 5.82 Å². The third-order valence-corrected chi connectivity index (χ3v) is 2.11. The first-order chi connectivity index (χ1) is 6.50. The van der Waals surface area contributed by atoms with Gasteiger partial charge in [-0.25, -0.2) is 4.39 Å². The number of ketones is 1. The van der Waals surface area contributed by atoms with E-state index in [4.69, 9.17) is 0 Å². The molecule has 0 saturated heterocycles. The van der Waals surface area contributed by atoms with Crippen LogP contribution in [-0.4, -0.2) is 5.78 Å². The van der Waals surface area contributed by atoms with Crippen molar-refractivity contribution < 1.29 is 9.18 Å². The molecule has 0 radical (unpaired) electrons. The van der Waals surface area contributed by atoms with Gasteiger partial charge in [-0.2, -0.15) is 0 Å². The minimum absolute atomic E-state index is 0.106. The van der Waals surface area contributed by atoms with E-state index in [1.165, 1.54) is 18.2 Å². The van der Waals surface area contributed by atoms with Crippen LogP contribution in [0.5, 0.6) is 0 Å². The van der Waals surface area contributed by atoms with Crippen LogP contribution in [0.25, 0.3) is 0 Å². The fourth-order valence-electron chi connectivity index (χ4n) is 1.03. The Morgan fingerprint density at radius 2 is 2.07 bits per heavy atom. The summed E-state index contributed by atoms with van der Waals surface area (Å²) < 4.78 is 13.9. The maximum absolute atomic E-state index is 13.3. The van der Waals surface area contributed by atoms with E-state index >= 15 is 0 Å². The first-order valence-electron chi connectivity index (χ1n) is 4.15. The Morgan fingerprint density at radius 3 is 2.57 bits per heavy atom. The summed E-state index contributed by atoms with van der Waals surface area (Å²) in [5.74, 6) is -0.795. The van der Waals surface area contributed by atoms with Crippen LogP contribution in [0.3, 0.4) is 0 Å². The van der Waals surface area contributed by atoms with Crippen molar-refractivity contribution in [3.05, 3.63) is 45.7 Å². The third-order valence-electron chi connectivity index (χ3n) is 1.62. The molecule has 0 amide bonds. The van der Waals surface area contributed by atoms with Crippen molar-refractivity contribution in [3.63, 3.8) is 0 Å². The van der Waals surface area contributed by atoms with E-state index in [9.17, 15) is 9.18 Å². The molecule has 1 nitrogen and oxygen atoms in total. The Morgan fingerprint density at radius 1 is 1.43 bits per heavy atom. The smallest absolute Gasteiger partial charge is 0.188 e. The molecule has 0 N–H and O–H groups in total. The summed E-state index contributed by atoms with van der Waals surface area (Å²) in [6.45, 7) is 3.60. The van der Waals surface area contributed by atoms with Crippen molar-refractivity contribution in [2.45, 2.75) is 13.8 Å². The molecule has 74 valence electrons. The zero-order valence-electron chi connectivity index (χ0n) is 7.97. The molecule has 14 heavy (non-hydrogen) atoms. The Bertz CT molecular complexity index is 392. The monoisotopic (exact) mass is 256 g/mol. The van der Waals surface area contributed by atoms with Gasteiger partial charge >= 0.3 is 0 Å². The van der Waals surface area contributed by atoms with E-state index in [0.717, 1.165) is 5.57 Å². The van der Waals surface area contributed by atoms with Crippen LogP contribution in [-0.2, 0) is 0 Å². The fraction of sp³-hybridized carbons (Fsp3) is 0.182. The highest BCUT2D eigenvalue weighted by atomic mass is 79.9. The Labute approximate surface area is 90.8 Å². The number of allylic oxidation sites excluding steroid dienone is 2. The molecule has 0 aliphatic heterocycles. The molecule has 0 aliphatic carbocycles. The van der Waals surface area contributed by atoms with Crippen molar-refractivity contribution in [1.82, 2.24) is 0 Å². The first-order valence-corrected chi connectivity index (χ1v) is 4.94.